The van der Waals surface area contributed by atoms with E-state index in [4.69, 9.17) is 9.15 Å². The Morgan fingerprint density at radius 1 is 1.56 bits per heavy atom. The first-order valence-corrected chi connectivity index (χ1v) is 5.45. The van der Waals surface area contributed by atoms with Gasteiger partial charge in [0, 0.05) is 0 Å². The van der Waals surface area contributed by atoms with E-state index in [1.54, 1.807) is 26.0 Å². The van der Waals surface area contributed by atoms with Gasteiger partial charge in [0.2, 0.25) is 0 Å². The van der Waals surface area contributed by atoms with Crippen LogP contribution in [-0.4, -0.2) is 22.5 Å². The largest absolute Gasteiger partial charge is 0.462 e. The summed E-state index contributed by atoms with van der Waals surface area (Å²) < 4.78 is 9.93. The lowest BCUT2D eigenvalue weighted by molar-refractivity contribution is 0.0523. The average Bonchev–Trinajstić information content (AvgIpc) is 2.81. The topological polar surface area (TPSA) is 85.2 Å². The minimum absolute atomic E-state index is 0.0767. The minimum atomic E-state index is -0.672. The van der Waals surface area contributed by atoms with Crippen LogP contribution in [0.5, 0.6) is 0 Å². The van der Waals surface area contributed by atoms with Gasteiger partial charge in [-0.05, 0) is 26.0 Å². The molecule has 0 saturated carbocycles. The highest BCUT2D eigenvalue weighted by molar-refractivity contribution is 5.90. The third-order valence-electron chi connectivity index (χ3n) is 2.33. The fraction of sp³-hybridized carbons (Fsp3) is 0.250. The Kier molecular flexibility index (Phi) is 3.27. The molecule has 1 N–H and O–H groups in total. The summed E-state index contributed by atoms with van der Waals surface area (Å²) in [4.78, 5) is 30.0. The molecule has 0 saturated heterocycles. The van der Waals surface area contributed by atoms with Crippen LogP contribution >= 0.6 is 0 Å². The number of hydrogen-bond acceptors (Lipinski definition) is 5. The lowest BCUT2D eigenvalue weighted by Gasteiger charge is -2.05. The zero-order chi connectivity index (χ0) is 13.1. The van der Waals surface area contributed by atoms with Gasteiger partial charge in [0.25, 0.3) is 5.56 Å². The Balaban J connectivity index is 2.48. The van der Waals surface area contributed by atoms with Crippen LogP contribution in [0.2, 0.25) is 0 Å². The van der Waals surface area contributed by atoms with Crippen LogP contribution < -0.4 is 5.56 Å². The molecule has 0 spiro atoms. The van der Waals surface area contributed by atoms with Crippen molar-refractivity contribution in [1.29, 1.82) is 0 Å². The normalized spacial score (nSPS) is 10.3. The molecule has 0 aromatic carbocycles. The number of carbonyl (C=O) groups excluding carboxylic acids is 1. The standard InChI is InChI=1S/C12H12N2O4/c1-3-17-12(16)9-7(2)13-10(14-11(9)15)8-5-4-6-18-8/h4-6H,3H2,1-2H3,(H,13,14,15). The van der Waals surface area contributed by atoms with Crippen molar-refractivity contribution < 1.29 is 13.9 Å². The van der Waals surface area contributed by atoms with Gasteiger partial charge < -0.3 is 14.1 Å². The minimum Gasteiger partial charge on any atom is -0.462 e. The summed E-state index contributed by atoms with van der Waals surface area (Å²) in [7, 11) is 0. The van der Waals surface area contributed by atoms with Crippen molar-refractivity contribution in [2.45, 2.75) is 13.8 Å². The molecule has 2 aromatic rings. The first-order chi connectivity index (χ1) is 8.63. The Bertz CT molecular complexity index is 614. The summed E-state index contributed by atoms with van der Waals surface area (Å²) in [5.74, 6) is 0.0518. The summed E-state index contributed by atoms with van der Waals surface area (Å²) in [6.07, 6.45) is 1.48. The number of nitrogens with one attached hydrogen (secondary N) is 1. The number of rotatable bonds is 3. The maximum absolute atomic E-state index is 11.8. The quantitative estimate of drug-likeness (QED) is 0.832. The molecular formula is C12H12N2O4. The van der Waals surface area contributed by atoms with Crippen LogP contribution in [-0.2, 0) is 4.74 Å². The second-order valence-electron chi connectivity index (χ2n) is 3.57. The summed E-state index contributed by atoms with van der Waals surface area (Å²) >= 11 is 0. The molecule has 2 aromatic heterocycles. The molecule has 94 valence electrons. The van der Waals surface area contributed by atoms with Crippen LogP contribution in [0.1, 0.15) is 23.0 Å². The third-order valence-corrected chi connectivity index (χ3v) is 2.33. The van der Waals surface area contributed by atoms with Crippen LogP contribution in [0, 0.1) is 6.92 Å². The van der Waals surface area contributed by atoms with Gasteiger partial charge >= 0.3 is 5.97 Å². The molecule has 0 atom stereocenters. The molecule has 0 aliphatic rings. The van der Waals surface area contributed by atoms with E-state index in [1.165, 1.54) is 6.26 Å². The van der Waals surface area contributed by atoms with Gasteiger partial charge in [-0.25, -0.2) is 9.78 Å². The van der Waals surface area contributed by atoms with E-state index in [0.29, 0.717) is 11.5 Å². The SMILES string of the molecule is CCOC(=O)c1c(C)nc(-c2ccco2)[nH]c1=O. The molecule has 0 aliphatic heterocycles. The number of ether oxygens (including phenoxy) is 1. The Morgan fingerprint density at radius 2 is 2.33 bits per heavy atom. The van der Waals surface area contributed by atoms with Crippen molar-refractivity contribution in [3.8, 4) is 11.6 Å². The van der Waals surface area contributed by atoms with Crippen LogP contribution in [0.3, 0.4) is 0 Å². The van der Waals surface area contributed by atoms with Gasteiger partial charge in [-0.1, -0.05) is 0 Å². The maximum atomic E-state index is 11.8. The summed E-state index contributed by atoms with van der Waals surface area (Å²) in [5, 5.41) is 0. The number of aromatic amines is 1. The van der Waals surface area contributed by atoms with E-state index in [9.17, 15) is 9.59 Å². The zero-order valence-electron chi connectivity index (χ0n) is 10.0. The number of nitrogens with zero attached hydrogens (tertiary/aromatic N) is 1. The third kappa shape index (κ3) is 2.17. The van der Waals surface area contributed by atoms with Gasteiger partial charge in [-0.3, -0.25) is 4.79 Å². The van der Waals surface area contributed by atoms with Gasteiger partial charge in [-0.15, -0.1) is 0 Å². The monoisotopic (exact) mass is 248 g/mol. The van der Waals surface area contributed by atoms with Crippen LogP contribution in [0.15, 0.2) is 27.6 Å². The van der Waals surface area contributed by atoms with Crippen molar-refractivity contribution in [1.82, 2.24) is 9.97 Å². The number of hydrogen-bond donors (Lipinski definition) is 1. The lowest BCUT2D eigenvalue weighted by atomic mass is 10.2. The van der Waals surface area contributed by atoms with Crippen molar-refractivity contribution in [3.05, 3.63) is 40.0 Å². The summed E-state index contributed by atoms with van der Waals surface area (Å²) in [6.45, 7) is 3.46. The first kappa shape index (κ1) is 12.1. The summed E-state index contributed by atoms with van der Waals surface area (Å²) in [5.41, 5.74) is -0.303. The number of carbonyl (C=O) groups is 1. The molecular weight excluding hydrogens is 236 g/mol. The Labute approximate surface area is 103 Å². The number of esters is 1. The predicted molar refractivity (Wildman–Crippen MR) is 63.3 cm³/mol. The van der Waals surface area contributed by atoms with E-state index < -0.39 is 11.5 Å². The van der Waals surface area contributed by atoms with Gasteiger partial charge in [0.1, 0.15) is 5.56 Å². The smallest absolute Gasteiger partial charge is 0.345 e. The molecule has 6 heteroatoms. The highest BCUT2D eigenvalue weighted by Gasteiger charge is 2.18. The molecule has 2 rings (SSSR count). The van der Waals surface area contributed by atoms with E-state index in [0.717, 1.165) is 0 Å². The van der Waals surface area contributed by atoms with Crippen molar-refractivity contribution in [2.75, 3.05) is 6.61 Å². The average molecular weight is 248 g/mol. The van der Waals surface area contributed by atoms with E-state index in [1.807, 2.05) is 0 Å². The van der Waals surface area contributed by atoms with Crippen LogP contribution in [0.25, 0.3) is 11.6 Å². The van der Waals surface area contributed by atoms with Crippen molar-refractivity contribution >= 4 is 5.97 Å². The number of aryl methyl sites for hydroxylation is 1. The highest BCUT2D eigenvalue weighted by Crippen LogP contribution is 2.14. The van der Waals surface area contributed by atoms with E-state index in [-0.39, 0.29) is 18.0 Å². The van der Waals surface area contributed by atoms with Crippen molar-refractivity contribution in [3.63, 3.8) is 0 Å². The molecule has 0 fully saturated rings. The zero-order valence-corrected chi connectivity index (χ0v) is 10.0. The van der Waals surface area contributed by atoms with Gasteiger partial charge in [0.15, 0.2) is 11.6 Å². The fourth-order valence-corrected chi connectivity index (χ4v) is 1.56. The molecule has 18 heavy (non-hydrogen) atoms. The van der Waals surface area contributed by atoms with E-state index in [2.05, 4.69) is 9.97 Å². The molecule has 0 aliphatic carbocycles. The fourth-order valence-electron chi connectivity index (χ4n) is 1.56. The molecule has 0 bridgehead atoms. The van der Waals surface area contributed by atoms with E-state index >= 15 is 0 Å². The second kappa shape index (κ2) is 4.87. The molecule has 6 nitrogen and oxygen atoms in total. The van der Waals surface area contributed by atoms with Crippen molar-refractivity contribution in [2.24, 2.45) is 0 Å². The van der Waals surface area contributed by atoms with Gasteiger partial charge in [-0.2, -0.15) is 0 Å². The van der Waals surface area contributed by atoms with Crippen LogP contribution in [0.4, 0.5) is 0 Å². The number of H-pyrrole nitrogens is 1. The number of furan rings is 1. The molecule has 0 amide bonds. The highest BCUT2D eigenvalue weighted by atomic mass is 16.5. The van der Waals surface area contributed by atoms with Gasteiger partial charge in [0.05, 0.1) is 18.6 Å². The number of aromatic nitrogens is 2. The predicted octanol–water partition coefficient (Wildman–Crippen LogP) is 1.52. The maximum Gasteiger partial charge on any atom is 0.345 e. The first-order valence-electron chi connectivity index (χ1n) is 5.45. The Morgan fingerprint density at radius 3 is 2.89 bits per heavy atom. The Hall–Kier alpha value is -2.37. The summed E-state index contributed by atoms with van der Waals surface area (Å²) in [6, 6.07) is 3.35. The molecule has 0 radical (unpaired) electrons. The molecule has 2 heterocycles. The second-order valence-corrected chi connectivity index (χ2v) is 3.57. The lowest BCUT2D eigenvalue weighted by Crippen LogP contribution is -2.23. The molecule has 0 unspecified atom stereocenters.